The number of para-hydroxylation sites is 2. The second-order valence-electron chi connectivity index (χ2n) is 14.0. The molecule has 2 aliphatic rings. The molecule has 1 spiro atoms. The van der Waals surface area contributed by atoms with Gasteiger partial charge >= 0.3 is 0 Å². The van der Waals surface area contributed by atoms with Gasteiger partial charge in [0.1, 0.15) is 11.5 Å². The maximum absolute atomic E-state index is 6.84. The number of hydrogen-bond acceptors (Lipinski definition) is 2. The molecule has 0 saturated heterocycles. The standard InChI is InChI=1S/C50H33NOSi/c1-2-15-37(16-3-1)51(44-32-36-14-4-5-17-39(36)40-18-6-7-19-41(40)44)38-29-26-34(27-30-38)35-28-31-50-46(33-35)52-45-22-10-13-25-49(45)53(50)47-23-11-8-20-42(47)43-21-9-12-24-48(43)53/h1-33H. The lowest BCUT2D eigenvalue weighted by Crippen LogP contribution is -2.74. The highest BCUT2D eigenvalue weighted by Gasteiger charge is 2.53. The van der Waals surface area contributed by atoms with Crippen LogP contribution in [0, 0.1) is 0 Å². The normalized spacial score (nSPS) is 13.2. The molecule has 0 saturated carbocycles. The van der Waals surface area contributed by atoms with E-state index in [1.54, 1.807) is 0 Å². The van der Waals surface area contributed by atoms with E-state index in [4.69, 9.17) is 4.74 Å². The van der Waals surface area contributed by atoms with Crippen molar-refractivity contribution in [2.24, 2.45) is 0 Å². The van der Waals surface area contributed by atoms with Crippen molar-refractivity contribution in [2.75, 3.05) is 4.90 Å². The zero-order valence-corrected chi connectivity index (χ0v) is 29.9. The lowest BCUT2D eigenvalue weighted by molar-refractivity contribution is 0.487. The van der Waals surface area contributed by atoms with Crippen LogP contribution < -0.4 is 30.4 Å². The Hall–Kier alpha value is -6.68. The highest BCUT2D eigenvalue weighted by Crippen LogP contribution is 2.43. The molecule has 0 atom stereocenters. The molecule has 0 radical (unpaired) electrons. The summed E-state index contributed by atoms with van der Waals surface area (Å²) in [6.07, 6.45) is 0. The van der Waals surface area contributed by atoms with Crippen LogP contribution in [0.5, 0.6) is 11.5 Å². The van der Waals surface area contributed by atoms with Gasteiger partial charge in [-0.15, -0.1) is 0 Å². The minimum absolute atomic E-state index is 0.956. The number of fused-ring (bicyclic) bond motifs is 12. The third kappa shape index (κ3) is 4.38. The first-order valence-corrected chi connectivity index (χ1v) is 20.3. The molecule has 0 fully saturated rings. The molecule has 0 N–H and O–H groups in total. The van der Waals surface area contributed by atoms with E-state index in [0.717, 1.165) is 39.7 Å². The Bertz CT molecular complexity index is 2830. The Kier molecular flexibility index (Phi) is 6.61. The Morgan fingerprint density at radius 1 is 0.358 bits per heavy atom. The third-order valence-electron chi connectivity index (χ3n) is 11.3. The maximum atomic E-state index is 6.84. The van der Waals surface area contributed by atoms with Crippen molar-refractivity contribution in [2.45, 2.75) is 0 Å². The highest BCUT2D eigenvalue weighted by atomic mass is 28.3. The van der Waals surface area contributed by atoms with E-state index in [-0.39, 0.29) is 0 Å². The van der Waals surface area contributed by atoms with Crippen LogP contribution in [0.15, 0.2) is 200 Å². The van der Waals surface area contributed by atoms with Gasteiger partial charge in [0.25, 0.3) is 0 Å². The summed E-state index contributed by atoms with van der Waals surface area (Å²) >= 11 is 0. The van der Waals surface area contributed by atoms with Crippen molar-refractivity contribution in [3.63, 3.8) is 0 Å². The molecular formula is C50H33NOSi. The summed E-state index contributed by atoms with van der Waals surface area (Å²) in [5.41, 5.74) is 8.37. The summed E-state index contributed by atoms with van der Waals surface area (Å²) in [5, 5.41) is 10.5. The van der Waals surface area contributed by atoms with Crippen LogP contribution in [-0.2, 0) is 0 Å². The summed E-state index contributed by atoms with van der Waals surface area (Å²) < 4.78 is 6.84. The molecule has 9 aromatic carbocycles. The van der Waals surface area contributed by atoms with Gasteiger partial charge in [-0.2, -0.15) is 0 Å². The molecule has 11 rings (SSSR count). The second-order valence-corrected chi connectivity index (χ2v) is 17.7. The van der Waals surface area contributed by atoms with Crippen molar-refractivity contribution >= 4 is 67.4 Å². The van der Waals surface area contributed by atoms with Gasteiger partial charge in [0, 0.05) is 16.8 Å². The van der Waals surface area contributed by atoms with E-state index in [1.807, 2.05) is 0 Å². The first kappa shape index (κ1) is 30.0. The third-order valence-corrected chi connectivity index (χ3v) is 16.2. The smallest absolute Gasteiger partial charge is 0.189 e. The Morgan fingerprint density at radius 2 is 0.906 bits per heavy atom. The Labute approximate surface area is 309 Å². The predicted molar refractivity (Wildman–Crippen MR) is 224 cm³/mol. The fraction of sp³-hybridized carbons (Fsp3) is 0. The molecular weight excluding hydrogens is 659 g/mol. The molecule has 9 aromatic rings. The number of rotatable bonds is 4. The molecule has 0 aliphatic carbocycles. The van der Waals surface area contributed by atoms with Crippen LogP contribution in [0.2, 0.25) is 0 Å². The lowest BCUT2D eigenvalue weighted by Gasteiger charge is -2.37. The fourth-order valence-electron chi connectivity index (χ4n) is 9.07. The topological polar surface area (TPSA) is 12.5 Å². The molecule has 0 aromatic heterocycles. The predicted octanol–water partition coefficient (Wildman–Crippen LogP) is 10.6. The first-order valence-electron chi connectivity index (χ1n) is 18.3. The minimum atomic E-state index is -2.60. The van der Waals surface area contributed by atoms with Gasteiger partial charge in [-0.3, -0.25) is 0 Å². The summed E-state index contributed by atoms with van der Waals surface area (Å²) in [5.74, 6) is 1.92. The van der Waals surface area contributed by atoms with Crippen molar-refractivity contribution in [3.05, 3.63) is 200 Å². The number of benzene rings is 9. The summed E-state index contributed by atoms with van der Waals surface area (Å²) in [4.78, 5) is 2.38. The summed E-state index contributed by atoms with van der Waals surface area (Å²) in [6.45, 7) is 0. The average molecular weight is 692 g/mol. The average Bonchev–Trinajstić information content (AvgIpc) is 3.52. The van der Waals surface area contributed by atoms with Gasteiger partial charge in [0.2, 0.25) is 0 Å². The highest BCUT2D eigenvalue weighted by molar-refractivity contribution is 7.23. The molecule has 53 heavy (non-hydrogen) atoms. The number of hydrogen-bond donors (Lipinski definition) is 0. The number of nitrogens with zero attached hydrogens (tertiary/aromatic N) is 1. The zero-order valence-electron chi connectivity index (χ0n) is 28.9. The molecule has 2 nitrogen and oxygen atoms in total. The Balaban J connectivity index is 1.05. The maximum Gasteiger partial charge on any atom is 0.189 e. The molecule has 0 amide bonds. The van der Waals surface area contributed by atoms with Crippen molar-refractivity contribution in [3.8, 4) is 33.8 Å². The van der Waals surface area contributed by atoms with Gasteiger partial charge in [0.15, 0.2) is 8.07 Å². The van der Waals surface area contributed by atoms with Gasteiger partial charge in [0.05, 0.1) is 5.69 Å². The fourth-order valence-corrected chi connectivity index (χ4v) is 14.4. The van der Waals surface area contributed by atoms with Gasteiger partial charge in [-0.25, -0.2) is 0 Å². The van der Waals surface area contributed by atoms with E-state index in [9.17, 15) is 0 Å². The molecule has 2 heterocycles. The molecule has 0 unspecified atom stereocenters. The van der Waals surface area contributed by atoms with Crippen LogP contribution in [0.4, 0.5) is 17.1 Å². The van der Waals surface area contributed by atoms with Crippen LogP contribution in [0.3, 0.4) is 0 Å². The monoisotopic (exact) mass is 691 g/mol. The van der Waals surface area contributed by atoms with E-state index in [0.29, 0.717) is 0 Å². The van der Waals surface area contributed by atoms with Crippen molar-refractivity contribution in [1.29, 1.82) is 0 Å². The quantitative estimate of drug-likeness (QED) is 0.135. The van der Waals surface area contributed by atoms with Crippen LogP contribution in [0.25, 0.3) is 43.8 Å². The molecule has 0 bridgehead atoms. The zero-order chi connectivity index (χ0) is 34.9. The van der Waals surface area contributed by atoms with Crippen LogP contribution >= 0.6 is 0 Å². The lowest BCUT2D eigenvalue weighted by atomic mass is 9.98. The molecule has 248 valence electrons. The van der Waals surface area contributed by atoms with E-state index >= 15 is 0 Å². The summed E-state index contributed by atoms with van der Waals surface area (Å²) in [6, 6.07) is 73.1. The summed E-state index contributed by atoms with van der Waals surface area (Å²) in [7, 11) is -2.60. The van der Waals surface area contributed by atoms with Crippen molar-refractivity contribution in [1.82, 2.24) is 0 Å². The second kappa shape index (κ2) is 11.7. The SMILES string of the molecule is c1ccc(N(c2ccc(-c3ccc4c(c3)Oc3ccccc3[Si]43c4ccccc4-c4ccccc43)cc2)c2cc3ccccc3c3ccccc23)cc1. The Morgan fingerprint density at radius 3 is 1.66 bits per heavy atom. The van der Waals surface area contributed by atoms with Crippen LogP contribution in [-0.4, -0.2) is 8.07 Å². The van der Waals surface area contributed by atoms with E-state index < -0.39 is 8.07 Å². The molecule has 3 heteroatoms. The minimum Gasteiger partial charge on any atom is -0.458 e. The van der Waals surface area contributed by atoms with E-state index in [1.165, 1.54) is 53.4 Å². The van der Waals surface area contributed by atoms with Gasteiger partial charge in [-0.1, -0.05) is 158 Å². The molecule has 2 aliphatic heterocycles. The van der Waals surface area contributed by atoms with Gasteiger partial charge in [-0.05, 0) is 102 Å². The van der Waals surface area contributed by atoms with Gasteiger partial charge < -0.3 is 9.64 Å². The number of anilines is 3. The van der Waals surface area contributed by atoms with Crippen LogP contribution in [0.1, 0.15) is 0 Å². The number of ether oxygens (including phenoxy) is 1. The van der Waals surface area contributed by atoms with E-state index in [2.05, 4.69) is 205 Å². The largest absolute Gasteiger partial charge is 0.458 e. The first-order chi connectivity index (χ1) is 26.3. The van der Waals surface area contributed by atoms with Crippen molar-refractivity contribution < 1.29 is 4.74 Å².